The van der Waals surface area contributed by atoms with E-state index in [2.05, 4.69) is 20.7 Å². The highest BCUT2D eigenvalue weighted by molar-refractivity contribution is 6.11. The molecule has 0 aliphatic carbocycles. The van der Waals surface area contributed by atoms with Crippen LogP contribution in [0.25, 0.3) is 33.4 Å². The lowest BCUT2D eigenvalue weighted by molar-refractivity contribution is 0.0593. The highest BCUT2D eigenvalue weighted by Crippen LogP contribution is 2.34. The highest BCUT2D eigenvalue weighted by atomic mass is 16.5. The van der Waals surface area contributed by atoms with Crippen molar-refractivity contribution in [2.45, 2.75) is 20.8 Å². The Balaban J connectivity index is 0.000000191. The molecule has 0 radical (unpaired) electrons. The molecule has 8 aromatic rings. The van der Waals surface area contributed by atoms with Crippen LogP contribution in [0.4, 0.5) is 22.7 Å². The van der Waals surface area contributed by atoms with Crippen molar-refractivity contribution in [1.29, 1.82) is 0 Å². The van der Waals surface area contributed by atoms with E-state index in [0.29, 0.717) is 39.6 Å². The molecule has 0 aliphatic heterocycles. The number of nitrogens with one attached hydrogen (secondary N) is 3. The number of phenolic OH excluding ortho intramolecular Hbond substituents is 1. The maximum atomic E-state index is 13.0. The number of aromatic hydroxyl groups is 1. The number of anilines is 4. The summed E-state index contributed by atoms with van der Waals surface area (Å²) in [5.74, 6) is -2.34. The average Bonchev–Trinajstić information content (AvgIpc) is 3.43. The van der Waals surface area contributed by atoms with Gasteiger partial charge in [0.05, 0.1) is 62.1 Å². The van der Waals surface area contributed by atoms with Gasteiger partial charge in [0.15, 0.2) is 0 Å². The van der Waals surface area contributed by atoms with Crippen molar-refractivity contribution in [2.24, 2.45) is 0 Å². The largest absolute Gasteiger partial charge is 0.507 e. The number of carbonyl (C=O) groups excluding carboxylic acids is 4. The third-order valence-electron chi connectivity index (χ3n) is 12.2. The molecule has 0 fully saturated rings. The molecule has 2 amide bonds. The Hall–Kier alpha value is -9.89. The molecule has 388 valence electrons. The van der Waals surface area contributed by atoms with Gasteiger partial charge in [0.25, 0.3) is 11.8 Å². The molecule has 0 heterocycles. The molecule has 0 bridgehead atoms. The quantitative estimate of drug-likeness (QED) is 0.0467. The smallest absolute Gasteiger partial charge is 0.339 e. The number of ether oxygens (including phenoxy) is 4. The summed E-state index contributed by atoms with van der Waals surface area (Å²) in [6, 6.07) is 48.4. The van der Waals surface area contributed by atoms with Gasteiger partial charge < -0.3 is 50.8 Å². The van der Waals surface area contributed by atoms with E-state index in [1.54, 1.807) is 62.7 Å². The Morgan fingerprint density at radius 2 is 0.895 bits per heavy atom. The maximum Gasteiger partial charge on any atom is 0.339 e. The molecule has 15 heteroatoms. The number of nitrogen functional groups attached to an aromatic ring is 1. The second-order valence-corrected chi connectivity index (χ2v) is 17.0. The van der Waals surface area contributed by atoms with E-state index < -0.39 is 23.8 Å². The van der Waals surface area contributed by atoms with Crippen molar-refractivity contribution in [3.63, 3.8) is 0 Å². The number of aromatic carboxylic acids is 1. The summed E-state index contributed by atoms with van der Waals surface area (Å²) in [4.78, 5) is 61.0. The third-order valence-corrected chi connectivity index (χ3v) is 12.2. The molecule has 7 N–H and O–H groups in total. The van der Waals surface area contributed by atoms with Crippen molar-refractivity contribution in [3.8, 4) is 50.6 Å². The summed E-state index contributed by atoms with van der Waals surface area (Å²) in [6.07, 6.45) is 0. The van der Waals surface area contributed by atoms with E-state index in [9.17, 15) is 34.2 Å². The van der Waals surface area contributed by atoms with Crippen LogP contribution in [0.1, 0.15) is 68.5 Å². The number of nitrogens with two attached hydrogens (primary N) is 1. The number of carboxylic acid groups (broad SMARTS) is 1. The fourth-order valence-corrected chi connectivity index (χ4v) is 8.05. The number of para-hydroxylation sites is 1. The number of carboxylic acids is 1. The highest BCUT2D eigenvalue weighted by Gasteiger charge is 2.21. The molecule has 8 aromatic carbocycles. The molecule has 0 saturated heterocycles. The van der Waals surface area contributed by atoms with Gasteiger partial charge in [-0.2, -0.15) is 0 Å². The summed E-state index contributed by atoms with van der Waals surface area (Å²) < 4.78 is 19.9. The molecule has 0 unspecified atom stereocenters. The van der Waals surface area contributed by atoms with Crippen molar-refractivity contribution in [1.82, 2.24) is 0 Å². The van der Waals surface area contributed by atoms with E-state index in [1.807, 2.05) is 112 Å². The topological polar surface area (TPSA) is 225 Å². The lowest BCUT2D eigenvalue weighted by Gasteiger charge is -2.14. The molecular weight excluding hydrogens is 965 g/mol. The molecule has 0 atom stereocenters. The van der Waals surface area contributed by atoms with E-state index in [-0.39, 0.29) is 28.5 Å². The fourth-order valence-electron chi connectivity index (χ4n) is 8.05. The second-order valence-electron chi connectivity index (χ2n) is 17.0. The number of phenols is 1. The van der Waals surface area contributed by atoms with Crippen LogP contribution >= 0.6 is 0 Å². The Bertz CT molecular complexity index is 3440. The minimum atomic E-state index is -1.18. The number of amides is 2. The van der Waals surface area contributed by atoms with Crippen LogP contribution in [-0.2, 0) is 9.47 Å². The predicted octanol–water partition coefficient (Wildman–Crippen LogP) is 12.1. The van der Waals surface area contributed by atoms with Gasteiger partial charge in [0, 0.05) is 29.5 Å². The van der Waals surface area contributed by atoms with Gasteiger partial charge in [-0.3, -0.25) is 9.59 Å². The number of methoxy groups -OCH3 is 4. The van der Waals surface area contributed by atoms with Gasteiger partial charge in [-0.25, -0.2) is 14.4 Å². The van der Waals surface area contributed by atoms with Crippen molar-refractivity contribution in [2.75, 3.05) is 57.2 Å². The number of carbonyl (C=O) groups is 5. The van der Waals surface area contributed by atoms with Crippen LogP contribution in [0.3, 0.4) is 0 Å². The molecule has 76 heavy (non-hydrogen) atoms. The summed E-state index contributed by atoms with van der Waals surface area (Å²) in [6.45, 7) is 5.90. The van der Waals surface area contributed by atoms with Crippen LogP contribution in [0.5, 0.6) is 17.2 Å². The molecule has 0 aliphatic rings. The first-order valence-corrected chi connectivity index (χ1v) is 23.6. The Morgan fingerprint density at radius 1 is 0.447 bits per heavy atom. The van der Waals surface area contributed by atoms with E-state index in [1.165, 1.54) is 51.2 Å². The summed E-state index contributed by atoms with van der Waals surface area (Å²) in [5.41, 5.74) is 17.4. The second kappa shape index (κ2) is 25.7. The van der Waals surface area contributed by atoms with Gasteiger partial charge >= 0.3 is 17.9 Å². The molecule has 0 spiro atoms. The van der Waals surface area contributed by atoms with Gasteiger partial charge in [-0.15, -0.1) is 0 Å². The third kappa shape index (κ3) is 13.4. The zero-order valence-corrected chi connectivity index (χ0v) is 43.2. The Kier molecular flexibility index (Phi) is 18.7. The standard InChI is InChI=1S/C24H23NO4.C22H20N2O5.C15H15NO2/c1-15-7-5-6-8-19(15)17-10-12-20(24(27)29-4)22(13-17)25-23(26)21-14-18(28-3)11-9-16(21)2;1-23-18-6-4-3-5-15(18)13-7-9-16(22(27)28)19(11-13)24-21(26)17-12-14(29-2)8-10-20(17)25;1-10-5-3-4-6-12(10)11-7-8-13(14(16)9-11)15(17)18-2/h5-14H,1-4H3,(H,25,26);3-12,23,25H,1-2H3,(H,24,26)(H,27,28);3-9H,16H2,1-2H3. The van der Waals surface area contributed by atoms with E-state index in [0.717, 1.165) is 50.2 Å². The number of esters is 2. The van der Waals surface area contributed by atoms with Crippen LogP contribution < -0.4 is 31.2 Å². The molecule has 15 nitrogen and oxygen atoms in total. The lowest BCUT2D eigenvalue weighted by atomic mass is 9.98. The SMILES string of the molecule is CNc1ccccc1-c1ccc(C(=O)O)c(NC(=O)c2cc(OC)ccc2O)c1.COC(=O)c1ccc(-c2ccccc2C)cc1N.COC(=O)c1ccc(-c2ccccc2C)cc1NC(=O)c1cc(OC)ccc1C. The number of aryl methyl sites for hydroxylation is 3. The summed E-state index contributed by atoms with van der Waals surface area (Å²) in [5, 5.41) is 28.1. The van der Waals surface area contributed by atoms with Crippen molar-refractivity contribution in [3.05, 3.63) is 208 Å². The average molecular weight is 1020 g/mol. The fraction of sp³-hybridized carbons (Fsp3) is 0.131. The van der Waals surface area contributed by atoms with Gasteiger partial charge in [-0.05, 0) is 138 Å². The Labute approximate surface area is 440 Å². The first kappa shape index (κ1) is 55.4. The monoisotopic (exact) mass is 1020 g/mol. The first-order valence-electron chi connectivity index (χ1n) is 23.6. The minimum absolute atomic E-state index is 0.0262. The van der Waals surface area contributed by atoms with Crippen LogP contribution in [0.2, 0.25) is 0 Å². The number of hydrogen-bond donors (Lipinski definition) is 6. The zero-order valence-electron chi connectivity index (χ0n) is 43.2. The normalized spacial score (nSPS) is 10.3. The molecular formula is C61H58N4O11. The van der Waals surface area contributed by atoms with Gasteiger partial charge in [0.2, 0.25) is 0 Å². The van der Waals surface area contributed by atoms with Gasteiger partial charge in [-0.1, -0.05) is 91.0 Å². The molecule has 8 rings (SSSR count). The van der Waals surface area contributed by atoms with Crippen LogP contribution in [0.15, 0.2) is 164 Å². The first-order chi connectivity index (χ1) is 36.5. The maximum absolute atomic E-state index is 13.0. The van der Waals surface area contributed by atoms with Crippen molar-refractivity contribution < 1.29 is 53.1 Å². The molecule has 0 saturated carbocycles. The number of hydrogen-bond acceptors (Lipinski definition) is 12. The lowest BCUT2D eigenvalue weighted by Crippen LogP contribution is -2.16. The number of benzene rings is 8. The van der Waals surface area contributed by atoms with Gasteiger partial charge in [0.1, 0.15) is 17.2 Å². The Morgan fingerprint density at radius 3 is 1.42 bits per heavy atom. The minimum Gasteiger partial charge on any atom is -0.507 e. The van der Waals surface area contributed by atoms with Crippen LogP contribution in [0, 0.1) is 20.8 Å². The predicted molar refractivity (Wildman–Crippen MR) is 297 cm³/mol. The summed E-state index contributed by atoms with van der Waals surface area (Å²) >= 11 is 0. The van der Waals surface area contributed by atoms with Crippen LogP contribution in [-0.4, -0.2) is 75.4 Å². The van der Waals surface area contributed by atoms with E-state index in [4.69, 9.17) is 19.9 Å². The zero-order chi connectivity index (χ0) is 55.1. The number of rotatable bonds is 13. The molecule has 0 aromatic heterocycles. The van der Waals surface area contributed by atoms with E-state index >= 15 is 0 Å². The van der Waals surface area contributed by atoms with Crippen molar-refractivity contribution >= 4 is 52.5 Å². The summed E-state index contributed by atoms with van der Waals surface area (Å²) in [7, 11) is 7.44.